The predicted molar refractivity (Wildman–Crippen MR) is 59.3 cm³/mol. The van der Waals surface area contributed by atoms with Crippen LogP contribution in [0.3, 0.4) is 0 Å². The number of halogens is 1. The van der Waals surface area contributed by atoms with Crippen LogP contribution in [0.2, 0.25) is 0 Å². The van der Waals surface area contributed by atoms with Crippen LogP contribution in [-0.4, -0.2) is 13.4 Å². The summed E-state index contributed by atoms with van der Waals surface area (Å²) in [4.78, 5) is 3.14. The summed E-state index contributed by atoms with van der Waals surface area (Å²) in [5.41, 5.74) is 1.86. The number of benzene rings is 1. The van der Waals surface area contributed by atoms with E-state index in [2.05, 4.69) is 4.98 Å². The van der Waals surface area contributed by atoms with Crippen LogP contribution in [0.4, 0.5) is 0 Å². The Hall–Kier alpha value is -1.26. The maximum absolute atomic E-state index is 11.0. The summed E-state index contributed by atoms with van der Waals surface area (Å²) in [5.74, 6) is 0. The largest absolute Gasteiger partial charge is 0.361 e. The molecule has 1 heterocycles. The Kier molecular flexibility index (Phi) is 2.54. The molecule has 0 radical (unpaired) electrons. The lowest BCUT2D eigenvalue weighted by molar-refractivity contribution is 0.609. The van der Waals surface area contributed by atoms with E-state index >= 15 is 0 Å². The lowest BCUT2D eigenvalue weighted by Gasteiger charge is -1.99. The smallest absolute Gasteiger partial charge is 0.261 e. The van der Waals surface area contributed by atoms with Gasteiger partial charge in [0.05, 0.1) is 4.90 Å². The first kappa shape index (κ1) is 10.3. The minimum Gasteiger partial charge on any atom is -0.361 e. The maximum atomic E-state index is 11.0. The van der Waals surface area contributed by atoms with Crippen LogP contribution in [0.15, 0.2) is 47.5 Å². The minimum atomic E-state index is -3.63. The molecule has 15 heavy (non-hydrogen) atoms. The molecule has 0 amide bonds. The van der Waals surface area contributed by atoms with Crippen molar-refractivity contribution in [1.29, 1.82) is 0 Å². The number of hydrogen-bond donors (Lipinski definition) is 1. The van der Waals surface area contributed by atoms with E-state index in [9.17, 15) is 8.42 Å². The Bertz CT molecular complexity index is 544. The highest BCUT2D eigenvalue weighted by molar-refractivity contribution is 8.13. The standard InChI is InChI=1S/C10H8ClNO2S/c11-15(13,14)9-5-3-8(4-6-9)10-2-1-7-12-10/h1-7,12H. The predicted octanol–water partition coefficient (Wildman–Crippen LogP) is 2.61. The molecular formula is C10H8ClNO2S. The van der Waals surface area contributed by atoms with Crippen LogP contribution >= 0.6 is 10.7 Å². The third-order valence-corrected chi connectivity index (χ3v) is 3.41. The molecule has 1 aromatic carbocycles. The van der Waals surface area contributed by atoms with E-state index < -0.39 is 9.05 Å². The average molecular weight is 242 g/mol. The van der Waals surface area contributed by atoms with Gasteiger partial charge in [-0.2, -0.15) is 0 Å². The molecule has 1 N–H and O–H groups in total. The Morgan fingerprint density at radius 2 is 1.73 bits per heavy atom. The number of hydrogen-bond acceptors (Lipinski definition) is 2. The fraction of sp³-hybridized carbons (Fsp3) is 0. The van der Waals surface area contributed by atoms with Gasteiger partial charge in [-0.15, -0.1) is 0 Å². The minimum absolute atomic E-state index is 0.111. The average Bonchev–Trinajstić information content (AvgIpc) is 2.69. The quantitative estimate of drug-likeness (QED) is 0.822. The zero-order valence-corrected chi connectivity index (χ0v) is 9.22. The van der Waals surface area contributed by atoms with Gasteiger partial charge in [-0.3, -0.25) is 0 Å². The molecule has 0 saturated carbocycles. The number of rotatable bonds is 2. The zero-order valence-electron chi connectivity index (χ0n) is 7.64. The van der Waals surface area contributed by atoms with Crippen LogP contribution in [0.1, 0.15) is 0 Å². The molecule has 2 aromatic rings. The molecule has 2 rings (SSSR count). The molecule has 0 aliphatic rings. The van der Waals surface area contributed by atoms with Gasteiger partial charge >= 0.3 is 0 Å². The monoisotopic (exact) mass is 241 g/mol. The molecule has 3 nitrogen and oxygen atoms in total. The van der Waals surface area contributed by atoms with Gasteiger partial charge in [0.25, 0.3) is 9.05 Å². The first-order chi connectivity index (χ1) is 7.07. The van der Waals surface area contributed by atoms with Crippen LogP contribution in [-0.2, 0) is 9.05 Å². The Morgan fingerprint density at radius 1 is 1.07 bits per heavy atom. The fourth-order valence-electron chi connectivity index (χ4n) is 1.31. The third kappa shape index (κ3) is 2.22. The van der Waals surface area contributed by atoms with E-state index in [-0.39, 0.29) is 4.90 Å². The Balaban J connectivity index is 2.42. The number of aromatic nitrogens is 1. The van der Waals surface area contributed by atoms with Gasteiger partial charge in [0, 0.05) is 22.6 Å². The normalized spacial score (nSPS) is 11.5. The van der Waals surface area contributed by atoms with Gasteiger partial charge < -0.3 is 4.98 Å². The van der Waals surface area contributed by atoms with Crippen molar-refractivity contribution in [3.05, 3.63) is 42.6 Å². The van der Waals surface area contributed by atoms with E-state index in [1.165, 1.54) is 12.1 Å². The van der Waals surface area contributed by atoms with Crippen molar-refractivity contribution in [2.75, 3.05) is 0 Å². The topological polar surface area (TPSA) is 49.9 Å². The molecule has 0 unspecified atom stereocenters. The van der Waals surface area contributed by atoms with Gasteiger partial charge in [-0.05, 0) is 29.8 Å². The van der Waals surface area contributed by atoms with Gasteiger partial charge in [-0.25, -0.2) is 8.42 Å². The van der Waals surface area contributed by atoms with Crippen molar-refractivity contribution in [2.45, 2.75) is 4.90 Å². The molecule has 0 saturated heterocycles. The Morgan fingerprint density at radius 3 is 2.20 bits per heavy atom. The van der Waals surface area contributed by atoms with E-state index in [1.54, 1.807) is 12.1 Å². The van der Waals surface area contributed by atoms with E-state index in [4.69, 9.17) is 10.7 Å². The molecule has 0 atom stereocenters. The molecule has 1 aromatic heterocycles. The second kappa shape index (κ2) is 3.72. The Labute approximate surface area is 92.1 Å². The molecule has 0 bridgehead atoms. The summed E-state index contributed by atoms with van der Waals surface area (Å²) in [6, 6.07) is 10.2. The molecule has 0 fully saturated rings. The van der Waals surface area contributed by atoms with Crippen molar-refractivity contribution in [1.82, 2.24) is 4.98 Å². The lowest BCUT2D eigenvalue weighted by Crippen LogP contribution is -1.89. The van der Waals surface area contributed by atoms with Crippen LogP contribution < -0.4 is 0 Å². The van der Waals surface area contributed by atoms with Gasteiger partial charge in [0.15, 0.2) is 0 Å². The SMILES string of the molecule is O=S(=O)(Cl)c1ccc(-c2ccc[nH]2)cc1. The highest BCUT2D eigenvalue weighted by Gasteiger charge is 2.09. The van der Waals surface area contributed by atoms with Gasteiger partial charge in [0.2, 0.25) is 0 Å². The fourth-order valence-corrected chi connectivity index (χ4v) is 2.08. The molecule has 0 aliphatic heterocycles. The van der Waals surface area contributed by atoms with E-state index in [0.29, 0.717) is 0 Å². The van der Waals surface area contributed by atoms with Crippen molar-refractivity contribution in [2.24, 2.45) is 0 Å². The van der Waals surface area contributed by atoms with Crippen molar-refractivity contribution in [3.63, 3.8) is 0 Å². The highest BCUT2D eigenvalue weighted by atomic mass is 35.7. The molecule has 78 valence electrons. The second-order valence-corrected chi connectivity index (χ2v) is 5.61. The van der Waals surface area contributed by atoms with Crippen LogP contribution in [0.5, 0.6) is 0 Å². The third-order valence-electron chi connectivity index (χ3n) is 2.04. The van der Waals surface area contributed by atoms with Gasteiger partial charge in [-0.1, -0.05) is 12.1 Å². The maximum Gasteiger partial charge on any atom is 0.261 e. The summed E-state index contributed by atoms with van der Waals surface area (Å²) < 4.78 is 22.0. The summed E-state index contributed by atoms with van der Waals surface area (Å²) in [6.07, 6.45) is 1.81. The van der Waals surface area contributed by atoms with Gasteiger partial charge in [0.1, 0.15) is 0 Å². The molecule has 0 aliphatic carbocycles. The second-order valence-electron chi connectivity index (χ2n) is 3.05. The highest BCUT2D eigenvalue weighted by Crippen LogP contribution is 2.21. The van der Waals surface area contributed by atoms with Crippen LogP contribution in [0, 0.1) is 0 Å². The number of H-pyrrole nitrogens is 1. The summed E-state index contributed by atoms with van der Waals surface area (Å²) >= 11 is 0. The van der Waals surface area contributed by atoms with Crippen molar-refractivity contribution < 1.29 is 8.42 Å². The summed E-state index contributed by atoms with van der Waals surface area (Å²) in [5, 5.41) is 0. The number of aromatic amines is 1. The van der Waals surface area contributed by atoms with Crippen molar-refractivity contribution in [3.8, 4) is 11.3 Å². The van der Waals surface area contributed by atoms with E-state index in [1.807, 2.05) is 18.3 Å². The van der Waals surface area contributed by atoms with Crippen LogP contribution in [0.25, 0.3) is 11.3 Å². The molecular weight excluding hydrogens is 234 g/mol. The first-order valence-corrected chi connectivity index (χ1v) is 6.57. The number of nitrogens with one attached hydrogen (secondary N) is 1. The first-order valence-electron chi connectivity index (χ1n) is 4.26. The van der Waals surface area contributed by atoms with Crippen molar-refractivity contribution >= 4 is 19.7 Å². The summed E-state index contributed by atoms with van der Waals surface area (Å²) in [7, 11) is 1.57. The van der Waals surface area contributed by atoms with E-state index in [0.717, 1.165) is 11.3 Å². The molecule has 5 heteroatoms. The lowest BCUT2D eigenvalue weighted by atomic mass is 10.2. The summed E-state index contributed by atoms with van der Waals surface area (Å²) in [6.45, 7) is 0. The zero-order chi connectivity index (χ0) is 10.9. The molecule has 0 spiro atoms.